The van der Waals surface area contributed by atoms with Crippen LogP contribution < -0.4 is 0 Å². The maximum absolute atomic E-state index is 12.5. The van der Waals surface area contributed by atoms with Crippen LogP contribution in [0.15, 0.2) is 12.1 Å². The number of hydrogen-bond acceptors (Lipinski definition) is 2. The van der Waals surface area contributed by atoms with E-state index < -0.39 is 0 Å². The van der Waals surface area contributed by atoms with Crippen molar-refractivity contribution in [3.05, 3.63) is 28.0 Å². The van der Waals surface area contributed by atoms with Crippen molar-refractivity contribution >= 4 is 29.1 Å². The highest BCUT2D eigenvalue weighted by Crippen LogP contribution is 2.46. The van der Waals surface area contributed by atoms with Crippen LogP contribution in [-0.4, -0.2) is 28.9 Å². The van der Waals surface area contributed by atoms with Gasteiger partial charge in [-0.25, -0.2) is 4.98 Å². The van der Waals surface area contributed by atoms with Crippen LogP contribution >= 0.6 is 23.2 Å². The first-order chi connectivity index (χ1) is 9.58. The molecule has 2 aliphatic rings. The fourth-order valence-electron chi connectivity index (χ4n) is 3.58. The molecule has 3 nitrogen and oxygen atoms in total. The summed E-state index contributed by atoms with van der Waals surface area (Å²) >= 11 is 11.7. The molecule has 1 amide bonds. The summed E-state index contributed by atoms with van der Waals surface area (Å²) < 4.78 is 0. The van der Waals surface area contributed by atoms with Crippen LogP contribution in [0, 0.1) is 5.41 Å². The minimum atomic E-state index is 0.0176. The Balaban J connectivity index is 1.69. The van der Waals surface area contributed by atoms with Crippen molar-refractivity contribution in [1.29, 1.82) is 0 Å². The predicted molar refractivity (Wildman–Crippen MR) is 80.3 cm³/mol. The van der Waals surface area contributed by atoms with Gasteiger partial charge in [0.15, 0.2) is 0 Å². The molecule has 5 heteroatoms. The van der Waals surface area contributed by atoms with E-state index in [1.165, 1.54) is 25.7 Å². The number of pyridine rings is 1. The van der Waals surface area contributed by atoms with Gasteiger partial charge in [-0.3, -0.25) is 4.79 Å². The van der Waals surface area contributed by atoms with E-state index in [2.05, 4.69) is 4.98 Å². The van der Waals surface area contributed by atoms with Gasteiger partial charge >= 0.3 is 0 Å². The number of aromatic nitrogens is 1. The Hall–Kier alpha value is -0.800. The maximum atomic E-state index is 12.5. The van der Waals surface area contributed by atoms with Crippen molar-refractivity contribution in [2.45, 2.75) is 38.5 Å². The summed E-state index contributed by atoms with van der Waals surface area (Å²) in [7, 11) is 0. The molecule has 20 heavy (non-hydrogen) atoms. The lowest BCUT2D eigenvalue weighted by molar-refractivity contribution is 0.0587. The summed E-state index contributed by atoms with van der Waals surface area (Å²) in [5.74, 6) is 0.0176. The summed E-state index contributed by atoms with van der Waals surface area (Å²) in [6.07, 6.45) is 7.63. The molecular formula is C15H18Cl2N2O. The minimum Gasteiger partial charge on any atom is -0.339 e. The smallest absolute Gasteiger partial charge is 0.254 e. The molecule has 1 spiro atoms. The van der Waals surface area contributed by atoms with Crippen molar-refractivity contribution in [3.8, 4) is 0 Å². The van der Waals surface area contributed by atoms with E-state index >= 15 is 0 Å². The third-order valence-corrected chi connectivity index (χ3v) is 5.17. The van der Waals surface area contributed by atoms with E-state index in [0.29, 0.717) is 11.0 Å². The fraction of sp³-hybridized carbons (Fsp3) is 0.600. The Morgan fingerprint density at radius 3 is 2.15 bits per heavy atom. The predicted octanol–water partition coefficient (Wildman–Crippen LogP) is 4.18. The van der Waals surface area contributed by atoms with Crippen molar-refractivity contribution in [3.63, 3.8) is 0 Å². The van der Waals surface area contributed by atoms with Crippen molar-refractivity contribution in [2.24, 2.45) is 5.41 Å². The van der Waals surface area contributed by atoms with Gasteiger partial charge in [0.05, 0.1) is 0 Å². The molecular weight excluding hydrogens is 295 g/mol. The molecule has 0 radical (unpaired) electrons. The largest absolute Gasteiger partial charge is 0.339 e. The lowest BCUT2D eigenvalue weighted by atomic mass is 9.77. The van der Waals surface area contributed by atoms with Gasteiger partial charge in [-0.05, 0) is 43.2 Å². The van der Waals surface area contributed by atoms with Crippen LogP contribution in [0.4, 0.5) is 0 Å². The third kappa shape index (κ3) is 2.79. The normalized spacial score (nSPS) is 21.4. The molecule has 108 valence electrons. The Labute approximate surface area is 129 Å². The van der Waals surface area contributed by atoms with Gasteiger partial charge in [-0.2, -0.15) is 0 Å². The zero-order valence-corrected chi connectivity index (χ0v) is 12.9. The summed E-state index contributed by atoms with van der Waals surface area (Å²) in [5.41, 5.74) is 1.06. The zero-order valence-electron chi connectivity index (χ0n) is 11.4. The zero-order chi connectivity index (χ0) is 14.2. The van der Waals surface area contributed by atoms with E-state index in [4.69, 9.17) is 23.2 Å². The van der Waals surface area contributed by atoms with E-state index in [-0.39, 0.29) is 16.2 Å². The second-order valence-electron chi connectivity index (χ2n) is 6.00. The first-order valence-electron chi connectivity index (χ1n) is 7.20. The molecule has 0 unspecified atom stereocenters. The van der Waals surface area contributed by atoms with Crippen molar-refractivity contribution in [1.82, 2.24) is 9.88 Å². The number of halogens is 2. The number of piperidine rings is 1. The van der Waals surface area contributed by atoms with Crippen LogP contribution in [0.25, 0.3) is 0 Å². The van der Waals surface area contributed by atoms with Crippen LogP contribution in [0.5, 0.6) is 0 Å². The van der Waals surface area contributed by atoms with E-state index in [9.17, 15) is 4.79 Å². The molecule has 3 rings (SSSR count). The Kier molecular flexibility index (Phi) is 3.91. The van der Waals surface area contributed by atoms with Gasteiger partial charge in [-0.15, -0.1) is 0 Å². The Morgan fingerprint density at radius 2 is 1.60 bits per heavy atom. The Morgan fingerprint density at radius 1 is 1.05 bits per heavy atom. The lowest BCUT2D eigenvalue weighted by Gasteiger charge is -2.39. The quantitative estimate of drug-likeness (QED) is 0.729. The van der Waals surface area contributed by atoms with E-state index in [1.807, 2.05) is 4.90 Å². The highest BCUT2D eigenvalue weighted by molar-refractivity contribution is 6.33. The van der Waals surface area contributed by atoms with Gasteiger partial charge in [-0.1, -0.05) is 36.0 Å². The average Bonchev–Trinajstić information content (AvgIpc) is 2.86. The topological polar surface area (TPSA) is 33.2 Å². The van der Waals surface area contributed by atoms with E-state index in [1.54, 1.807) is 12.1 Å². The average molecular weight is 313 g/mol. The highest BCUT2D eigenvalue weighted by Gasteiger charge is 2.38. The van der Waals surface area contributed by atoms with Gasteiger partial charge in [0, 0.05) is 18.7 Å². The molecule has 0 atom stereocenters. The summed E-state index contributed by atoms with van der Waals surface area (Å²) in [6.45, 7) is 1.69. The fourth-order valence-corrected chi connectivity index (χ4v) is 4.04. The van der Waals surface area contributed by atoms with Crippen LogP contribution in [0.3, 0.4) is 0 Å². The van der Waals surface area contributed by atoms with Crippen LogP contribution in [0.2, 0.25) is 10.3 Å². The number of carbonyl (C=O) groups excluding carboxylic acids is 1. The number of amides is 1. The molecule has 0 aromatic carbocycles. The summed E-state index contributed by atoms with van der Waals surface area (Å²) in [4.78, 5) is 18.3. The van der Waals surface area contributed by atoms with Gasteiger partial charge < -0.3 is 4.90 Å². The minimum absolute atomic E-state index is 0.0176. The third-order valence-electron chi connectivity index (χ3n) is 4.79. The van der Waals surface area contributed by atoms with Crippen LogP contribution in [0.1, 0.15) is 48.9 Å². The molecule has 2 heterocycles. The van der Waals surface area contributed by atoms with Crippen molar-refractivity contribution in [2.75, 3.05) is 13.1 Å². The molecule has 1 aliphatic heterocycles. The van der Waals surface area contributed by atoms with E-state index in [0.717, 1.165) is 25.9 Å². The number of nitrogens with zero attached hydrogens (tertiary/aromatic N) is 2. The molecule has 1 aliphatic carbocycles. The molecule has 1 aromatic rings. The number of rotatable bonds is 1. The van der Waals surface area contributed by atoms with Gasteiger partial charge in [0.25, 0.3) is 5.91 Å². The lowest BCUT2D eigenvalue weighted by Crippen LogP contribution is -2.42. The SMILES string of the molecule is O=C(c1cc(Cl)nc(Cl)c1)N1CCC2(CCCC2)CC1. The second kappa shape index (κ2) is 5.53. The molecule has 0 bridgehead atoms. The summed E-state index contributed by atoms with van der Waals surface area (Å²) in [6, 6.07) is 3.19. The molecule has 1 aromatic heterocycles. The molecule has 0 N–H and O–H groups in total. The molecule has 2 fully saturated rings. The molecule has 1 saturated heterocycles. The first-order valence-corrected chi connectivity index (χ1v) is 7.96. The van der Waals surface area contributed by atoms with Gasteiger partial charge in [0.2, 0.25) is 0 Å². The standard InChI is InChI=1S/C15H18Cl2N2O/c16-12-9-11(10-13(17)18-12)14(20)19-7-5-15(6-8-19)3-1-2-4-15/h9-10H,1-8H2. The van der Waals surface area contributed by atoms with Crippen molar-refractivity contribution < 1.29 is 4.79 Å². The number of carbonyl (C=O) groups is 1. The maximum Gasteiger partial charge on any atom is 0.254 e. The number of likely N-dealkylation sites (tertiary alicyclic amines) is 1. The van der Waals surface area contributed by atoms with Crippen LogP contribution in [-0.2, 0) is 0 Å². The monoisotopic (exact) mass is 312 g/mol. The summed E-state index contributed by atoms with van der Waals surface area (Å²) in [5, 5.41) is 0.537. The Bertz CT molecular complexity index is 496. The highest BCUT2D eigenvalue weighted by atomic mass is 35.5. The van der Waals surface area contributed by atoms with Gasteiger partial charge in [0.1, 0.15) is 10.3 Å². The first kappa shape index (κ1) is 14.2. The number of hydrogen-bond donors (Lipinski definition) is 0. The second-order valence-corrected chi connectivity index (χ2v) is 6.78. The molecule has 1 saturated carbocycles.